The lowest BCUT2D eigenvalue weighted by Crippen LogP contribution is -2.44. The Labute approximate surface area is 176 Å². The first-order valence-electron chi connectivity index (χ1n) is 10.5. The number of rotatable bonds is 6. The number of halogens is 1. The minimum absolute atomic E-state index is 0.196. The number of hydrogen-bond acceptors (Lipinski definition) is 4. The minimum atomic E-state index is -0.276. The fourth-order valence-electron chi connectivity index (χ4n) is 3.80. The molecule has 0 aliphatic carbocycles. The third-order valence-electron chi connectivity index (χ3n) is 5.28. The van der Waals surface area contributed by atoms with Crippen molar-refractivity contribution in [2.24, 2.45) is 4.99 Å². The van der Waals surface area contributed by atoms with Gasteiger partial charge in [0.05, 0.1) is 5.69 Å². The van der Waals surface area contributed by atoms with Crippen LogP contribution in [0.4, 0.5) is 10.2 Å². The van der Waals surface area contributed by atoms with E-state index in [1.807, 2.05) is 24.1 Å². The third-order valence-corrected chi connectivity index (χ3v) is 5.28. The van der Waals surface area contributed by atoms with Gasteiger partial charge >= 0.3 is 0 Å². The van der Waals surface area contributed by atoms with Gasteiger partial charge in [0.2, 0.25) is 0 Å². The molecule has 7 nitrogen and oxygen atoms in total. The molecule has 0 radical (unpaired) electrons. The number of nitrogens with zero attached hydrogens (tertiary/aromatic N) is 5. The molecule has 2 N–H and O–H groups in total. The highest BCUT2D eigenvalue weighted by Gasteiger charge is 2.25. The predicted molar refractivity (Wildman–Crippen MR) is 118 cm³/mol. The second-order valence-corrected chi connectivity index (χ2v) is 7.55. The van der Waals surface area contributed by atoms with Crippen molar-refractivity contribution in [2.45, 2.75) is 32.7 Å². The molecule has 8 heteroatoms. The van der Waals surface area contributed by atoms with Crippen LogP contribution in [-0.4, -0.2) is 52.5 Å². The van der Waals surface area contributed by atoms with Crippen molar-refractivity contribution in [3.05, 3.63) is 59.9 Å². The van der Waals surface area contributed by atoms with Crippen LogP contribution in [0.15, 0.2) is 47.8 Å². The van der Waals surface area contributed by atoms with Crippen molar-refractivity contribution >= 4 is 17.4 Å². The van der Waals surface area contributed by atoms with E-state index >= 15 is 0 Å². The van der Waals surface area contributed by atoms with Crippen LogP contribution in [0.1, 0.15) is 24.6 Å². The lowest BCUT2D eigenvalue weighted by molar-refractivity contribution is 0.612. The summed E-state index contributed by atoms with van der Waals surface area (Å²) >= 11 is 0. The Morgan fingerprint density at radius 2 is 2.23 bits per heavy atom. The average Bonchev–Trinajstić information content (AvgIpc) is 3.36. The van der Waals surface area contributed by atoms with Crippen molar-refractivity contribution in [1.82, 2.24) is 25.0 Å². The second kappa shape index (κ2) is 9.11. The largest absolute Gasteiger partial charge is 0.357 e. The molecule has 4 rings (SSSR count). The smallest absolute Gasteiger partial charge is 0.191 e. The molecule has 1 fully saturated rings. The Hall–Kier alpha value is -3.16. The van der Waals surface area contributed by atoms with Crippen LogP contribution in [0.3, 0.4) is 0 Å². The van der Waals surface area contributed by atoms with E-state index in [4.69, 9.17) is 9.98 Å². The van der Waals surface area contributed by atoms with E-state index < -0.39 is 0 Å². The summed E-state index contributed by atoms with van der Waals surface area (Å²) in [7, 11) is 0. The van der Waals surface area contributed by atoms with Gasteiger partial charge in [0.15, 0.2) is 17.6 Å². The van der Waals surface area contributed by atoms with Gasteiger partial charge in [-0.1, -0.05) is 6.07 Å². The fourth-order valence-corrected chi connectivity index (χ4v) is 3.80. The van der Waals surface area contributed by atoms with Crippen molar-refractivity contribution in [1.29, 1.82) is 0 Å². The van der Waals surface area contributed by atoms with E-state index in [2.05, 4.69) is 39.2 Å². The molecule has 3 aromatic heterocycles. The molecule has 1 atom stereocenters. The minimum Gasteiger partial charge on any atom is -0.357 e. The number of imidazole rings is 1. The maximum atomic E-state index is 14.0. The second-order valence-electron chi connectivity index (χ2n) is 7.55. The van der Waals surface area contributed by atoms with E-state index in [-0.39, 0.29) is 11.9 Å². The van der Waals surface area contributed by atoms with Gasteiger partial charge < -0.3 is 19.9 Å². The van der Waals surface area contributed by atoms with Crippen LogP contribution in [0.5, 0.6) is 0 Å². The monoisotopic (exact) mass is 409 g/mol. The number of guanidine groups is 1. The SMILES string of the molecule is CCNC(=NCCc1cn2cccc(C)c2n1)NC1CCN(c2ncccc2F)C1. The Kier molecular flexibility index (Phi) is 6.11. The van der Waals surface area contributed by atoms with E-state index in [0.29, 0.717) is 18.9 Å². The van der Waals surface area contributed by atoms with Crippen molar-refractivity contribution in [3.8, 4) is 0 Å². The molecule has 30 heavy (non-hydrogen) atoms. The highest BCUT2D eigenvalue weighted by Crippen LogP contribution is 2.20. The van der Waals surface area contributed by atoms with E-state index in [0.717, 1.165) is 48.8 Å². The molecule has 1 saturated heterocycles. The zero-order chi connectivity index (χ0) is 20.9. The number of anilines is 1. The highest BCUT2D eigenvalue weighted by atomic mass is 19.1. The van der Waals surface area contributed by atoms with Crippen LogP contribution in [0, 0.1) is 12.7 Å². The van der Waals surface area contributed by atoms with E-state index in [1.165, 1.54) is 6.07 Å². The molecule has 4 heterocycles. The molecule has 0 spiro atoms. The standard InChI is InChI=1S/C22H28FN7/c1-3-24-22(26-11-8-17-14-29-12-5-6-16(2)20(29)27-17)28-18-9-13-30(15-18)21-19(23)7-4-10-25-21/h4-7,10,12,14,18H,3,8-9,11,13,15H2,1-2H3,(H2,24,26,28). The maximum absolute atomic E-state index is 14.0. The molecule has 0 saturated carbocycles. The Morgan fingerprint density at radius 1 is 1.33 bits per heavy atom. The van der Waals surface area contributed by atoms with Gasteiger partial charge in [0, 0.05) is 57.2 Å². The maximum Gasteiger partial charge on any atom is 0.191 e. The molecule has 0 aromatic carbocycles. The molecule has 1 aliphatic heterocycles. The normalized spacial score (nSPS) is 17.0. The highest BCUT2D eigenvalue weighted by molar-refractivity contribution is 5.80. The van der Waals surface area contributed by atoms with Gasteiger partial charge in [-0.15, -0.1) is 0 Å². The molecule has 3 aromatic rings. The third kappa shape index (κ3) is 4.53. The molecule has 1 aliphatic rings. The van der Waals surface area contributed by atoms with E-state index in [9.17, 15) is 4.39 Å². The van der Waals surface area contributed by atoms with Crippen LogP contribution in [0.2, 0.25) is 0 Å². The van der Waals surface area contributed by atoms with Crippen LogP contribution in [-0.2, 0) is 6.42 Å². The predicted octanol–water partition coefficient (Wildman–Crippen LogP) is 2.55. The number of aliphatic imine (C=N–C) groups is 1. The summed E-state index contributed by atoms with van der Waals surface area (Å²) in [6.07, 6.45) is 7.39. The zero-order valence-corrected chi connectivity index (χ0v) is 17.5. The van der Waals surface area contributed by atoms with Gasteiger partial charge in [0.1, 0.15) is 5.65 Å². The number of nitrogens with one attached hydrogen (secondary N) is 2. The summed E-state index contributed by atoms with van der Waals surface area (Å²) in [5, 5.41) is 6.78. The van der Waals surface area contributed by atoms with Gasteiger partial charge in [-0.25, -0.2) is 14.4 Å². The lowest BCUT2D eigenvalue weighted by atomic mass is 10.3. The first-order chi connectivity index (χ1) is 14.6. The number of hydrogen-bond donors (Lipinski definition) is 2. The summed E-state index contributed by atoms with van der Waals surface area (Å²) in [5.41, 5.74) is 3.19. The Bertz CT molecular complexity index is 1030. The Balaban J connectivity index is 1.35. The number of fused-ring (bicyclic) bond motifs is 1. The molecule has 0 amide bonds. The summed E-state index contributed by atoms with van der Waals surface area (Å²) < 4.78 is 16.1. The number of aromatic nitrogens is 3. The molecule has 0 bridgehead atoms. The summed E-state index contributed by atoms with van der Waals surface area (Å²) in [5.74, 6) is 0.929. The quantitative estimate of drug-likeness (QED) is 0.484. The summed E-state index contributed by atoms with van der Waals surface area (Å²) in [6, 6.07) is 7.36. The van der Waals surface area contributed by atoms with Gasteiger partial charge in [-0.05, 0) is 44.0 Å². The van der Waals surface area contributed by atoms with Gasteiger partial charge in [0.25, 0.3) is 0 Å². The van der Waals surface area contributed by atoms with E-state index in [1.54, 1.807) is 12.3 Å². The van der Waals surface area contributed by atoms with Crippen molar-refractivity contribution in [2.75, 3.05) is 31.1 Å². The summed E-state index contributed by atoms with van der Waals surface area (Å²) in [6.45, 7) is 7.01. The zero-order valence-electron chi connectivity index (χ0n) is 17.5. The van der Waals surface area contributed by atoms with Crippen molar-refractivity contribution in [3.63, 3.8) is 0 Å². The molecule has 1 unspecified atom stereocenters. The molecular formula is C22H28FN7. The first-order valence-corrected chi connectivity index (χ1v) is 10.5. The van der Waals surface area contributed by atoms with Crippen LogP contribution < -0.4 is 15.5 Å². The topological polar surface area (TPSA) is 69.8 Å². The number of aryl methyl sites for hydroxylation is 1. The fraction of sp³-hybridized carbons (Fsp3) is 0.409. The van der Waals surface area contributed by atoms with Crippen LogP contribution in [0.25, 0.3) is 5.65 Å². The summed E-state index contributed by atoms with van der Waals surface area (Å²) in [4.78, 5) is 15.6. The average molecular weight is 410 g/mol. The van der Waals surface area contributed by atoms with Gasteiger partial charge in [-0.3, -0.25) is 4.99 Å². The van der Waals surface area contributed by atoms with Gasteiger partial charge in [-0.2, -0.15) is 0 Å². The van der Waals surface area contributed by atoms with Crippen molar-refractivity contribution < 1.29 is 4.39 Å². The molecule has 158 valence electrons. The molecular weight excluding hydrogens is 381 g/mol. The lowest BCUT2D eigenvalue weighted by Gasteiger charge is -2.19. The number of pyridine rings is 2. The van der Waals surface area contributed by atoms with Crippen LogP contribution >= 0.6 is 0 Å². The Morgan fingerprint density at radius 3 is 3.03 bits per heavy atom. The first kappa shape index (κ1) is 20.1.